The van der Waals surface area contributed by atoms with Crippen molar-refractivity contribution >= 4 is 0 Å². The molecule has 0 aromatic heterocycles. The van der Waals surface area contributed by atoms with Gasteiger partial charge >= 0.3 is 0 Å². The molecule has 2 aromatic rings. The summed E-state index contributed by atoms with van der Waals surface area (Å²) in [6, 6.07) is 21.5. The minimum Gasteiger partial charge on any atom is -0.348 e. The molecule has 2 atom stereocenters. The molecule has 0 spiro atoms. The van der Waals surface area contributed by atoms with Gasteiger partial charge in [-0.05, 0) is 38.8 Å². The van der Waals surface area contributed by atoms with Crippen LogP contribution < -0.4 is 0 Å². The maximum Gasteiger partial charge on any atom is 0.163 e. The monoisotopic (exact) mass is 365 g/mol. The first-order chi connectivity index (χ1) is 13.0. The predicted octanol–water partition coefficient (Wildman–Crippen LogP) is 5.18. The Morgan fingerprint density at radius 1 is 1.04 bits per heavy atom. The van der Waals surface area contributed by atoms with Gasteiger partial charge in [-0.15, -0.1) is 0 Å². The van der Waals surface area contributed by atoms with E-state index >= 15 is 0 Å². The fourth-order valence-electron chi connectivity index (χ4n) is 3.75. The van der Waals surface area contributed by atoms with Crippen molar-refractivity contribution in [3.8, 4) is 0 Å². The zero-order valence-corrected chi connectivity index (χ0v) is 16.9. The molecule has 3 heteroatoms. The molecule has 2 aromatic carbocycles. The van der Waals surface area contributed by atoms with Crippen LogP contribution in [0.5, 0.6) is 0 Å². The van der Waals surface area contributed by atoms with E-state index in [1.807, 2.05) is 13.8 Å². The molecule has 0 aliphatic carbocycles. The SMILES string of the molecule is C/C=C(\C)[C@@H]([C@@H]1COC(C)(C)O1)N(Cc1ccccc1)Cc1ccccc1. The van der Waals surface area contributed by atoms with Gasteiger partial charge in [-0.2, -0.15) is 0 Å². The Hall–Kier alpha value is -1.94. The van der Waals surface area contributed by atoms with E-state index < -0.39 is 5.79 Å². The third kappa shape index (κ3) is 5.29. The van der Waals surface area contributed by atoms with Gasteiger partial charge in [0.15, 0.2) is 5.79 Å². The van der Waals surface area contributed by atoms with Gasteiger partial charge in [-0.25, -0.2) is 0 Å². The van der Waals surface area contributed by atoms with Crippen LogP contribution in [-0.4, -0.2) is 29.4 Å². The third-order valence-corrected chi connectivity index (χ3v) is 5.15. The Kier molecular flexibility index (Phi) is 6.48. The van der Waals surface area contributed by atoms with Gasteiger partial charge < -0.3 is 9.47 Å². The first kappa shape index (κ1) is 19.8. The molecule has 1 aliphatic heterocycles. The average molecular weight is 366 g/mol. The summed E-state index contributed by atoms with van der Waals surface area (Å²) < 4.78 is 12.2. The van der Waals surface area contributed by atoms with Crippen LogP contribution in [0.25, 0.3) is 0 Å². The van der Waals surface area contributed by atoms with Gasteiger partial charge in [0, 0.05) is 13.1 Å². The molecule has 0 unspecified atom stereocenters. The van der Waals surface area contributed by atoms with E-state index in [1.54, 1.807) is 0 Å². The maximum absolute atomic E-state index is 6.29. The highest BCUT2D eigenvalue weighted by atomic mass is 16.7. The van der Waals surface area contributed by atoms with E-state index in [4.69, 9.17) is 9.47 Å². The number of allylic oxidation sites excluding steroid dienone is 1. The second kappa shape index (κ2) is 8.83. The van der Waals surface area contributed by atoms with Crippen molar-refractivity contribution in [2.75, 3.05) is 6.61 Å². The highest BCUT2D eigenvalue weighted by Gasteiger charge is 2.40. The van der Waals surface area contributed by atoms with Crippen molar-refractivity contribution in [3.63, 3.8) is 0 Å². The second-order valence-corrected chi connectivity index (χ2v) is 7.72. The number of ether oxygens (including phenoxy) is 2. The third-order valence-electron chi connectivity index (χ3n) is 5.15. The molecule has 1 aliphatic rings. The van der Waals surface area contributed by atoms with Crippen molar-refractivity contribution in [1.29, 1.82) is 0 Å². The lowest BCUT2D eigenvalue weighted by atomic mass is 9.99. The van der Waals surface area contributed by atoms with Gasteiger partial charge in [-0.3, -0.25) is 4.90 Å². The molecular weight excluding hydrogens is 334 g/mol. The van der Waals surface area contributed by atoms with Crippen LogP contribution in [0.3, 0.4) is 0 Å². The number of rotatable bonds is 7. The molecule has 1 fully saturated rings. The normalized spacial score (nSPS) is 20.8. The summed E-state index contributed by atoms with van der Waals surface area (Å²) in [5, 5.41) is 0. The van der Waals surface area contributed by atoms with Crippen LogP contribution in [0.2, 0.25) is 0 Å². The van der Waals surface area contributed by atoms with Crippen LogP contribution in [-0.2, 0) is 22.6 Å². The summed E-state index contributed by atoms with van der Waals surface area (Å²) in [5.74, 6) is -0.526. The summed E-state index contributed by atoms with van der Waals surface area (Å²) in [4.78, 5) is 2.51. The fraction of sp³-hybridized carbons (Fsp3) is 0.417. The number of benzene rings is 2. The lowest BCUT2D eigenvalue weighted by molar-refractivity contribution is -0.145. The van der Waals surface area contributed by atoms with Gasteiger partial charge in [0.05, 0.1) is 12.6 Å². The molecule has 1 heterocycles. The molecule has 3 nitrogen and oxygen atoms in total. The van der Waals surface area contributed by atoms with E-state index in [9.17, 15) is 0 Å². The van der Waals surface area contributed by atoms with Crippen molar-refractivity contribution in [2.45, 2.75) is 58.7 Å². The number of nitrogens with zero attached hydrogens (tertiary/aromatic N) is 1. The van der Waals surface area contributed by atoms with Gasteiger partial charge in [-0.1, -0.05) is 72.3 Å². The van der Waals surface area contributed by atoms with Crippen LogP contribution in [0.1, 0.15) is 38.8 Å². The minimum atomic E-state index is -0.526. The van der Waals surface area contributed by atoms with E-state index in [0.29, 0.717) is 6.61 Å². The van der Waals surface area contributed by atoms with Crippen molar-refractivity contribution in [1.82, 2.24) is 4.90 Å². The van der Waals surface area contributed by atoms with Crippen LogP contribution in [0, 0.1) is 0 Å². The number of hydrogen-bond donors (Lipinski definition) is 0. The molecule has 1 saturated heterocycles. The topological polar surface area (TPSA) is 21.7 Å². The zero-order chi connectivity index (χ0) is 19.3. The summed E-state index contributed by atoms with van der Waals surface area (Å²) in [5.41, 5.74) is 3.93. The summed E-state index contributed by atoms with van der Waals surface area (Å²) >= 11 is 0. The van der Waals surface area contributed by atoms with Crippen molar-refractivity contribution in [2.24, 2.45) is 0 Å². The highest BCUT2D eigenvalue weighted by Crippen LogP contribution is 2.31. The molecule has 0 saturated carbocycles. The van der Waals surface area contributed by atoms with E-state index in [-0.39, 0.29) is 12.1 Å². The summed E-state index contributed by atoms with van der Waals surface area (Å²) in [6.45, 7) is 10.6. The zero-order valence-electron chi connectivity index (χ0n) is 16.9. The molecule has 0 N–H and O–H groups in total. The Morgan fingerprint density at radius 3 is 1.96 bits per heavy atom. The summed E-state index contributed by atoms with van der Waals surface area (Å²) in [7, 11) is 0. The maximum atomic E-state index is 6.29. The summed E-state index contributed by atoms with van der Waals surface area (Å²) in [6.07, 6.45) is 2.21. The molecule has 144 valence electrons. The molecule has 27 heavy (non-hydrogen) atoms. The van der Waals surface area contributed by atoms with Crippen LogP contribution >= 0.6 is 0 Å². The molecule has 0 radical (unpaired) electrons. The second-order valence-electron chi connectivity index (χ2n) is 7.72. The highest BCUT2D eigenvalue weighted by molar-refractivity contribution is 5.20. The molecule has 0 amide bonds. The number of hydrogen-bond acceptors (Lipinski definition) is 3. The van der Waals surface area contributed by atoms with Gasteiger partial charge in [0.25, 0.3) is 0 Å². The van der Waals surface area contributed by atoms with E-state index in [1.165, 1.54) is 16.7 Å². The van der Waals surface area contributed by atoms with Crippen LogP contribution in [0.4, 0.5) is 0 Å². The van der Waals surface area contributed by atoms with Gasteiger partial charge in [0.2, 0.25) is 0 Å². The van der Waals surface area contributed by atoms with E-state index in [0.717, 1.165) is 13.1 Å². The van der Waals surface area contributed by atoms with Crippen molar-refractivity contribution < 1.29 is 9.47 Å². The van der Waals surface area contributed by atoms with Gasteiger partial charge in [0.1, 0.15) is 6.10 Å². The smallest absolute Gasteiger partial charge is 0.163 e. The Balaban J connectivity index is 1.91. The molecular formula is C24H31NO2. The Bertz CT molecular complexity index is 698. The predicted molar refractivity (Wildman–Crippen MR) is 110 cm³/mol. The van der Waals surface area contributed by atoms with E-state index in [2.05, 4.69) is 85.5 Å². The average Bonchev–Trinajstić information content (AvgIpc) is 3.02. The molecule has 3 rings (SSSR count). The standard InChI is InChI=1S/C24H31NO2/c1-5-19(2)23(22-18-26-24(3,4)27-22)25(16-20-12-8-6-9-13-20)17-21-14-10-7-11-15-21/h5-15,22-23H,16-18H2,1-4H3/b19-5+/t22-,23-/m0/s1. The largest absolute Gasteiger partial charge is 0.348 e. The first-order valence-corrected chi connectivity index (χ1v) is 9.75. The lowest BCUT2D eigenvalue weighted by Crippen LogP contribution is -2.45. The first-order valence-electron chi connectivity index (χ1n) is 9.75. The quantitative estimate of drug-likeness (QED) is 0.632. The minimum absolute atomic E-state index is 0.0172. The van der Waals surface area contributed by atoms with Crippen LogP contribution in [0.15, 0.2) is 72.3 Å². The Labute approximate surface area is 163 Å². The fourth-order valence-corrected chi connectivity index (χ4v) is 3.75. The lowest BCUT2D eigenvalue weighted by Gasteiger charge is -2.36. The molecule has 0 bridgehead atoms. The van der Waals surface area contributed by atoms with Crippen molar-refractivity contribution in [3.05, 3.63) is 83.4 Å². The Morgan fingerprint density at radius 2 is 1.56 bits per heavy atom.